The Morgan fingerprint density at radius 1 is 1.21 bits per heavy atom. The molecule has 1 amide bonds. The lowest BCUT2D eigenvalue weighted by atomic mass is 10.1. The van der Waals surface area contributed by atoms with Crippen molar-refractivity contribution in [2.75, 3.05) is 30.3 Å². The van der Waals surface area contributed by atoms with Crippen LogP contribution in [0.25, 0.3) is 0 Å². The van der Waals surface area contributed by atoms with E-state index in [1.54, 1.807) is 27.7 Å². The van der Waals surface area contributed by atoms with Crippen LogP contribution < -0.4 is 10.6 Å². The Kier molecular flexibility index (Phi) is 5.98. The summed E-state index contributed by atoms with van der Waals surface area (Å²) < 4.78 is 44.3. The number of alkyl halides is 3. The molecule has 0 aliphatic carbocycles. The minimum Gasteiger partial charge on any atom is -0.444 e. The third-order valence-corrected chi connectivity index (χ3v) is 4.17. The number of halogens is 4. The highest BCUT2D eigenvalue weighted by molar-refractivity contribution is 6.34. The number of nitrogen functional groups attached to an aromatic ring is 1. The first-order valence-electron chi connectivity index (χ1n) is 8.40. The van der Waals surface area contributed by atoms with Gasteiger partial charge in [0.1, 0.15) is 22.1 Å². The zero-order valence-electron chi connectivity index (χ0n) is 15.8. The minimum atomic E-state index is -5.15. The van der Waals surface area contributed by atoms with Crippen LogP contribution in [0.3, 0.4) is 0 Å². The normalized spacial score (nSPS) is 18.2. The number of hydrogen-bond donors (Lipinski definition) is 1. The summed E-state index contributed by atoms with van der Waals surface area (Å²) in [6.45, 7) is 7.26. The summed E-state index contributed by atoms with van der Waals surface area (Å²) in [5, 5.41) is -0.674. The van der Waals surface area contributed by atoms with Crippen molar-refractivity contribution < 1.29 is 27.5 Å². The summed E-state index contributed by atoms with van der Waals surface area (Å²) >= 11 is 5.79. The van der Waals surface area contributed by atoms with Crippen molar-refractivity contribution in [3.05, 3.63) is 10.7 Å². The molecule has 2 rings (SSSR count). The zero-order valence-corrected chi connectivity index (χ0v) is 16.6. The molecule has 1 fully saturated rings. The van der Waals surface area contributed by atoms with E-state index in [4.69, 9.17) is 22.1 Å². The van der Waals surface area contributed by atoms with Gasteiger partial charge in [0.2, 0.25) is 5.95 Å². The van der Waals surface area contributed by atoms with Crippen molar-refractivity contribution >= 4 is 35.2 Å². The molecule has 0 aromatic carbocycles. The number of ketones is 1. The maximum absolute atomic E-state index is 13.0. The highest BCUT2D eigenvalue weighted by Gasteiger charge is 2.44. The number of Topliss-reactive ketones (excluding diaryl/α,β-unsaturated/α-hetero) is 1. The van der Waals surface area contributed by atoms with Gasteiger partial charge in [-0.05, 0) is 27.7 Å². The first kappa shape index (κ1) is 22.0. The molecule has 2 N–H and O–H groups in total. The maximum Gasteiger partial charge on any atom is 0.455 e. The van der Waals surface area contributed by atoms with Gasteiger partial charge in [-0.2, -0.15) is 18.2 Å². The lowest BCUT2D eigenvalue weighted by Crippen LogP contribution is -2.55. The smallest absolute Gasteiger partial charge is 0.444 e. The maximum atomic E-state index is 13.0. The lowest BCUT2D eigenvalue weighted by Gasteiger charge is -2.41. The molecule has 1 saturated heterocycles. The van der Waals surface area contributed by atoms with E-state index < -0.39 is 40.4 Å². The van der Waals surface area contributed by atoms with Crippen LogP contribution >= 0.6 is 11.6 Å². The van der Waals surface area contributed by atoms with E-state index in [9.17, 15) is 22.8 Å². The van der Waals surface area contributed by atoms with Crippen molar-refractivity contribution in [3.8, 4) is 0 Å². The van der Waals surface area contributed by atoms with E-state index in [-0.39, 0.29) is 31.4 Å². The van der Waals surface area contributed by atoms with Crippen LogP contribution in [0.2, 0.25) is 5.15 Å². The predicted molar refractivity (Wildman–Crippen MR) is 96.5 cm³/mol. The molecular formula is C16H21ClF3N5O3. The van der Waals surface area contributed by atoms with Gasteiger partial charge >= 0.3 is 12.3 Å². The van der Waals surface area contributed by atoms with Gasteiger partial charge in [-0.3, -0.25) is 4.79 Å². The second kappa shape index (κ2) is 7.61. The molecule has 1 aromatic heterocycles. The summed E-state index contributed by atoms with van der Waals surface area (Å²) in [5.41, 5.74) is 3.98. The second-order valence-electron chi connectivity index (χ2n) is 7.37. The van der Waals surface area contributed by atoms with Crippen LogP contribution in [0.15, 0.2) is 0 Å². The van der Waals surface area contributed by atoms with E-state index in [0.29, 0.717) is 0 Å². The molecule has 1 aliphatic heterocycles. The van der Waals surface area contributed by atoms with Gasteiger partial charge < -0.3 is 20.3 Å². The average Bonchev–Trinajstić information content (AvgIpc) is 2.51. The van der Waals surface area contributed by atoms with Crippen molar-refractivity contribution in [1.29, 1.82) is 0 Å². The van der Waals surface area contributed by atoms with Gasteiger partial charge in [0.05, 0.1) is 0 Å². The number of ether oxygens (including phenoxy) is 1. The Morgan fingerprint density at radius 2 is 1.82 bits per heavy atom. The summed E-state index contributed by atoms with van der Waals surface area (Å²) in [6.07, 6.45) is -5.69. The topological polar surface area (TPSA) is 102 Å². The predicted octanol–water partition coefficient (Wildman–Crippen LogP) is 2.90. The molecule has 0 spiro atoms. The summed E-state index contributed by atoms with van der Waals surface area (Å²) in [6, 6.07) is -0.480. The van der Waals surface area contributed by atoms with Gasteiger partial charge in [-0.25, -0.2) is 9.78 Å². The molecular weight excluding hydrogens is 403 g/mol. The molecule has 12 heteroatoms. The number of amides is 1. The molecule has 8 nitrogen and oxygen atoms in total. The third-order valence-electron chi connectivity index (χ3n) is 3.90. The van der Waals surface area contributed by atoms with Gasteiger partial charge in [-0.15, -0.1) is 0 Å². The molecule has 1 aromatic rings. The fourth-order valence-electron chi connectivity index (χ4n) is 2.75. The number of anilines is 2. The number of hydrogen-bond acceptors (Lipinski definition) is 7. The molecule has 156 valence electrons. The van der Waals surface area contributed by atoms with Crippen molar-refractivity contribution in [2.24, 2.45) is 0 Å². The lowest BCUT2D eigenvalue weighted by molar-refractivity contribution is -0.0885. The van der Waals surface area contributed by atoms with Crippen molar-refractivity contribution in [2.45, 2.75) is 45.5 Å². The quantitative estimate of drug-likeness (QED) is 0.576. The van der Waals surface area contributed by atoms with Crippen LogP contribution in [0, 0.1) is 0 Å². The van der Waals surface area contributed by atoms with E-state index >= 15 is 0 Å². The number of nitrogens with two attached hydrogens (primary N) is 1. The van der Waals surface area contributed by atoms with Crippen molar-refractivity contribution in [3.63, 3.8) is 0 Å². The molecule has 28 heavy (non-hydrogen) atoms. The summed E-state index contributed by atoms with van der Waals surface area (Å²) in [7, 11) is 0. The van der Waals surface area contributed by atoms with Crippen LogP contribution in [-0.4, -0.2) is 64.2 Å². The number of carbonyl (C=O) groups is 2. The Bertz CT molecular complexity index is 782. The van der Waals surface area contributed by atoms with Crippen LogP contribution in [-0.2, 0) is 4.74 Å². The van der Waals surface area contributed by atoms with E-state index in [1.807, 2.05) is 0 Å². The summed E-state index contributed by atoms with van der Waals surface area (Å²) in [5.74, 6) is -2.83. The molecule has 0 radical (unpaired) electrons. The van der Waals surface area contributed by atoms with Crippen molar-refractivity contribution in [1.82, 2.24) is 14.9 Å². The van der Waals surface area contributed by atoms with E-state index in [2.05, 4.69) is 9.97 Å². The molecule has 0 unspecified atom stereocenters. The number of rotatable bonds is 2. The Hall–Kier alpha value is -2.30. The standard InChI is InChI=1S/C16H21ClF3N5O3/c1-8-7-24(14(27)28-15(2,3)4)5-6-25(8)12-9(10(26)16(18,19)20)11(17)22-13(21)23-12/h8H,5-7H2,1-4H3,(H2,21,22,23)/t8-/m0/s1. The molecule has 1 atom stereocenters. The number of piperazine rings is 1. The SMILES string of the molecule is C[C@H]1CN(C(=O)OC(C)(C)C)CCN1c1nc(N)nc(Cl)c1C(=O)C(F)(F)F. The number of nitrogens with zero attached hydrogens (tertiary/aromatic N) is 4. The summed E-state index contributed by atoms with van der Waals surface area (Å²) in [4.78, 5) is 34.3. The van der Waals surface area contributed by atoms with Crippen LogP contribution in [0.1, 0.15) is 38.1 Å². The minimum absolute atomic E-state index is 0.103. The van der Waals surface area contributed by atoms with Gasteiger partial charge in [-0.1, -0.05) is 11.6 Å². The Morgan fingerprint density at radius 3 is 2.32 bits per heavy atom. The van der Waals surface area contributed by atoms with E-state index in [0.717, 1.165) is 0 Å². The van der Waals surface area contributed by atoms with Crippen LogP contribution in [0.5, 0.6) is 0 Å². The van der Waals surface area contributed by atoms with Gasteiger partial charge in [0.15, 0.2) is 0 Å². The van der Waals surface area contributed by atoms with E-state index in [1.165, 1.54) is 9.80 Å². The average molecular weight is 424 g/mol. The highest BCUT2D eigenvalue weighted by Crippen LogP contribution is 2.33. The van der Waals surface area contributed by atoms with Crippen LogP contribution in [0.4, 0.5) is 29.7 Å². The molecule has 1 aliphatic rings. The Labute approximate surface area is 164 Å². The molecule has 0 bridgehead atoms. The Balaban J connectivity index is 2.32. The highest BCUT2D eigenvalue weighted by atomic mass is 35.5. The fourth-order valence-corrected chi connectivity index (χ4v) is 3.00. The largest absolute Gasteiger partial charge is 0.455 e. The first-order valence-corrected chi connectivity index (χ1v) is 8.77. The molecule has 2 heterocycles. The zero-order chi connectivity index (χ0) is 21.4. The monoisotopic (exact) mass is 423 g/mol. The number of carbonyl (C=O) groups excluding carboxylic acids is 2. The fraction of sp³-hybridized carbons (Fsp3) is 0.625. The third kappa shape index (κ3) is 4.94. The first-order chi connectivity index (χ1) is 12.7. The second-order valence-corrected chi connectivity index (χ2v) is 7.72. The van der Waals surface area contributed by atoms with Gasteiger partial charge in [0.25, 0.3) is 5.78 Å². The van der Waals surface area contributed by atoms with Gasteiger partial charge in [0, 0.05) is 25.7 Å². The molecule has 0 saturated carbocycles. The number of aromatic nitrogens is 2.